The largest absolute Gasteiger partial charge is 0.393 e. The number of nitrogens with zero attached hydrogens (tertiary/aromatic N) is 3. The van der Waals surface area contributed by atoms with Crippen molar-refractivity contribution in [1.82, 2.24) is 14.5 Å². The van der Waals surface area contributed by atoms with Gasteiger partial charge >= 0.3 is 0 Å². The summed E-state index contributed by atoms with van der Waals surface area (Å²) in [6.07, 6.45) is 4.05. The van der Waals surface area contributed by atoms with Crippen LogP contribution in [0.2, 0.25) is 0 Å². The molecule has 0 radical (unpaired) electrons. The van der Waals surface area contributed by atoms with Crippen LogP contribution in [0, 0.1) is 13.8 Å². The molecule has 1 amide bonds. The van der Waals surface area contributed by atoms with Gasteiger partial charge in [-0.3, -0.25) is 9.78 Å². The maximum absolute atomic E-state index is 13.1. The molecule has 2 atom stereocenters. The minimum atomic E-state index is -0.380. The van der Waals surface area contributed by atoms with Crippen LogP contribution in [0.25, 0.3) is 0 Å². The van der Waals surface area contributed by atoms with E-state index in [1.54, 1.807) is 13.1 Å². The summed E-state index contributed by atoms with van der Waals surface area (Å²) < 4.78 is 2.15. The molecule has 0 aliphatic carbocycles. The number of likely N-dealkylation sites (tertiary alicyclic amines) is 1. The van der Waals surface area contributed by atoms with Crippen LogP contribution < -0.4 is 0 Å². The van der Waals surface area contributed by atoms with Gasteiger partial charge in [-0.1, -0.05) is 6.07 Å². The number of hydrogen-bond acceptors (Lipinski definition) is 3. The molecule has 0 aromatic carbocycles. The van der Waals surface area contributed by atoms with Crippen LogP contribution in [0.5, 0.6) is 0 Å². The number of aliphatic hydroxyl groups excluding tert-OH is 1. The summed E-state index contributed by atoms with van der Waals surface area (Å²) in [5, 5.41) is 9.70. The van der Waals surface area contributed by atoms with E-state index in [4.69, 9.17) is 0 Å². The van der Waals surface area contributed by atoms with E-state index >= 15 is 0 Å². The number of pyridine rings is 1. The van der Waals surface area contributed by atoms with Gasteiger partial charge in [-0.15, -0.1) is 0 Å². The number of amides is 1. The molecule has 2 unspecified atom stereocenters. The van der Waals surface area contributed by atoms with Gasteiger partial charge in [0.15, 0.2) is 0 Å². The third-order valence-electron chi connectivity index (χ3n) is 5.10. The highest BCUT2D eigenvalue weighted by atomic mass is 16.3. The Morgan fingerprint density at radius 3 is 2.88 bits per heavy atom. The van der Waals surface area contributed by atoms with Crippen LogP contribution in [-0.4, -0.2) is 44.2 Å². The fraction of sp³-hybridized carbons (Fsp3) is 0.500. The molecule has 2 aromatic heterocycles. The maximum atomic E-state index is 13.1. The summed E-state index contributed by atoms with van der Waals surface area (Å²) in [5.41, 5.74) is 3.80. The van der Waals surface area contributed by atoms with E-state index in [9.17, 15) is 9.90 Å². The number of carbonyl (C=O) groups is 1. The highest BCUT2D eigenvalue weighted by molar-refractivity contribution is 5.96. The summed E-state index contributed by atoms with van der Waals surface area (Å²) in [6, 6.07) is 8.01. The lowest BCUT2D eigenvalue weighted by Gasteiger charge is -2.25. The normalized spacial score (nSPS) is 18.6. The molecule has 0 bridgehead atoms. The fourth-order valence-electron chi connectivity index (χ4n) is 3.81. The summed E-state index contributed by atoms with van der Waals surface area (Å²) in [6.45, 7) is 7.27. The van der Waals surface area contributed by atoms with Gasteiger partial charge in [0, 0.05) is 30.2 Å². The van der Waals surface area contributed by atoms with E-state index in [0.717, 1.165) is 42.0 Å². The topological polar surface area (TPSA) is 58.4 Å². The van der Waals surface area contributed by atoms with Crippen molar-refractivity contribution in [3.8, 4) is 0 Å². The average molecular weight is 341 g/mol. The van der Waals surface area contributed by atoms with Gasteiger partial charge in [0.2, 0.25) is 0 Å². The first kappa shape index (κ1) is 17.7. The van der Waals surface area contributed by atoms with Gasteiger partial charge in [-0.2, -0.15) is 0 Å². The Balaban J connectivity index is 1.83. The predicted octanol–water partition coefficient (Wildman–Crippen LogP) is 2.92. The first-order valence-corrected chi connectivity index (χ1v) is 9.03. The lowest BCUT2D eigenvalue weighted by molar-refractivity contribution is 0.0681. The van der Waals surface area contributed by atoms with E-state index in [0.29, 0.717) is 13.0 Å². The lowest BCUT2D eigenvalue weighted by Crippen LogP contribution is -2.37. The van der Waals surface area contributed by atoms with Crippen LogP contribution in [0.15, 0.2) is 30.5 Å². The standard InChI is InChI=1S/C20H27N3O2/c1-14-11-19(16(3)23(14)13-17-7-4-5-9-21-17)20(25)22-10-6-8-18(22)12-15(2)24/h4-5,7,9,11,15,18,24H,6,8,10,12-13H2,1-3H3. The molecule has 25 heavy (non-hydrogen) atoms. The number of aromatic nitrogens is 2. The molecule has 1 saturated heterocycles. The molecular formula is C20H27N3O2. The van der Waals surface area contributed by atoms with E-state index in [2.05, 4.69) is 9.55 Å². The second-order valence-electron chi connectivity index (χ2n) is 7.07. The molecule has 5 nitrogen and oxygen atoms in total. The highest BCUT2D eigenvalue weighted by Gasteiger charge is 2.31. The number of carbonyl (C=O) groups excluding carboxylic acids is 1. The van der Waals surface area contributed by atoms with Crippen molar-refractivity contribution in [3.63, 3.8) is 0 Å². The molecular weight excluding hydrogens is 314 g/mol. The van der Waals surface area contributed by atoms with Gasteiger partial charge in [0.05, 0.1) is 23.9 Å². The molecule has 1 aliphatic rings. The van der Waals surface area contributed by atoms with Crippen molar-refractivity contribution >= 4 is 5.91 Å². The molecule has 3 rings (SSSR count). The second kappa shape index (κ2) is 7.40. The van der Waals surface area contributed by atoms with Gasteiger partial charge in [-0.25, -0.2) is 0 Å². The van der Waals surface area contributed by atoms with Crippen molar-refractivity contribution in [3.05, 3.63) is 53.1 Å². The van der Waals surface area contributed by atoms with Gasteiger partial charge in [-0.05, 0) is 58.2 Å². The number of hydrogen-bond donors (Lipinski definition) is 1. The van der Waals surface area contributed by atoms with Crippen LogP contribution in [0.4, 0.5) is 0 Å². The minimum absolute atomic E-state index is 0.0866. The van der Waals surface area contributed by atoms with Crippen molar-refractivity contribution < 1.29 is 9.90 Å². The quantitative estimate of drug-likeness (QED) is 0.910. The summed E-state index contributed by atoms with van der Waals surface area (Å²) in [7, 11) is 0. The zero-order chi connectivity index (χ0) is 18.0. The van der Waals surface area contributed by atoms with Crippen LogP contribution in [0.1, 0.15) is 53.6 Å². The van der Waals surface area contributed by atoms with Crippen LogP contribution >= 0.6 is 0 Å². The monoisotopic (exact) mass is 341 g/mol. The van der Waals surface area contributed by atoms with Crippen molar-refractivity contribution in [2.75, 3.05) is 6.54 Å². The van der Waals surface area contributed by atoms with E-state index in [-0.39, 0.29) is 18.1 Å². The molecule has 2 aromatic rings. The summed E-state index contributed by atoms with van der Waals surface area (Å²) >= 11 is 0. The lowest BCUT2D eigenvalue weighted by atomic mass is 10.1. The molecule has 134 valence electrons. The Morgan fingerprint density at radius 1 is 1.40 bits per heavy atom. The van der Waals surface area contributed by atoms with Crippen molar-refractivity contribution in [2.24, 2.45) is 0 Å². The Hall–Kier alpha value is -2.14. The molecule has 5 heteroatoms. The van der Waals surface area contributed by atoms with E-state index < -0.39 is 0 Å². The average Bonchev–Trinajstić information content (AvgIpc) is 3.14. The number of aryl methyl sites for hydroxylation is 1. The minimum Gasteiger partial charge on any atom is -0.393 e. The third-order valence-corrected chi connectivity index (χ3v) is 5.10. The smallest absolute Gasteiger partial charge is 0.255 e. The Morgan fingerprint density at radius 2 is 2.20 bits per heavy atom. The molecule has 0 spiro atoms. The van der Waals surface area contributed by atoms with Gasteiger partial charge in [0.25, 0.3) is 5.91 Å². The van der Waals surface area contributed by atoms with Gasteiger partial charge in [0.1, 0.15) is 0 Å². The Labute approximate surface area is 149 Å². The Bertz CT molecular complexity index is 737. The first-order valence-electron chi connectivity index (χ1n) is 9.03. The van der Waals surface area contributed by atoms with Crippen molar-refractivity contribution in [1.29, 1.82) is 0 Å². The zero-order valence-electron chi connectivity index (χ0n) is 15.3. The third kappa shape index (κ3) is 3.76. The molecule has 1 N–H and O–H groups in total. The number of rotatable bonds is 5. The highest BCUT2D eigenvalue weighted by Crippen LogP contribution is 2.26. The maximum Gasteiger partial charge on any atom is 0.255 e. The summed E-state index contributed by atoms with van der Waals surface area (Å²) in [4.78, 5) is 19.4. The number of aliphatic hydroxyl groups is 1. The molecule has 3 heterocycles. The van der Waals surface area contributed by atoms with E-state index in [1.807, 2.05) is 43.0 Å². The predicted molar refractivity (Wildman–Crippen MR) is 97.6 cm³/mol. The Kier molecular flexibility index (Phi) is 5.23. The van der Waals surface area contributed by atoms with Crippen molar-refractivity contribution in [2.45, 2.75) is 58.7 Å². The van der Waals surface area contributed by atoms with Gasteiger partial charge < -0.3 is 14.6 Å². The molecule has 1 aliphatic heterocycles. The summed E-state index contributed by atoms with van der Waals surface area (Å²) in [5.74, 6) is 0.0866. The molecule has 0 saturated carbocycles. The van der Waals surface area contributed by atoms with E-state index in [1.165, 1.54) is 0 Å². The molecule has 1 fully saturated rings. The first-order chi connectivity index (χ1) is 12.0. The van der Waals surface area contributed by atoms with Crippen LogP contribution in [-0.2, 0) is 6.54 Å². The second-order valence-corrected chi connectivity index (χ2v) is 7.07. The van der Waals surface area contributed by atoms with Crippen LogP contribution in [0.3, 0.4) is 0 Å². The zero-order valence-corrected chi connectivity index (χ0v) is 15.3. The SMILES string of the molecule is Cc1cc(C(=O)N2CCCC2CC(C)O)c(C)n1Cc1ccccn1. The fourth-order valence-corrected chi connectivity index (χ4v) is 3.81.